The van der Waals surface area contributed by atoms with E-state index in [4.69, 9.17) is 5.26 Å². The van der Waals surface area contributed by atoms with Gasteiger partial charge in [0.1, 0.15) is 0 Å². The molecule has 0 aromatic rings. The standard InChI is InChI=1S/C10H21N3/c1-4-10(9-11)12-7-5-6-8-13(2)3/h10,12H,4-8H2,1-3H3. The third kappa shape index (κ3) is 7.76. The minimum absolute atomic E-state index is 0.0411. The molecule has 0 saturated heterocycles. The molecule has 13 heavy (non-hydrogen) atoms. The topological polar surface area (TPSA) is 39.1 Å². The van der Waals surface area contributed by atoms with Gasteiger partial charge in [0, 0.05) is 0 Å². The third-order valence-corrected chi connectivity index (χ3v) is 1.99. The summed E-state index contributed by atoms with van der Waals surface area (Å²) in [6.07, 6.45) is 3.24. The lowest BCUT2D eigenvalue weighted by atomic mass is 10.2. The Bertz CT molecular complexity index is 149. The van der Waals surface area contributed by atoms with E-state index in [1.165, 1.54) is 6.42 Å². The first-order chi connectivity index (χ1) is 6.20. The van der Waals surface area contributed by atoms with Gasteiger partial charge in [-0.3, -0.25) is 0 Å². The van der Waals surface area contributed by atoms with Gasteiger partial charge in [-0.05, 0) is 46.4 Å². The summed E-state index contributed by atoms with van der Waals surface area (Å²) in [4.78, 5) is 2.18. The molecule has 0 saturated carbocycles. The maximum atomic E-state index is 8.65. The van der Waals surface area contributed by atoms with Crippen molar-refractivity contribution in [2.45, 2.75) is 32.2 Å². The minimum Gasteiger partial charge on any atom is -0.309 e. The van der Waals surface area contributed by atoms with E-state index in [9.17, 15) is 0 Å². The van der Waals surface area contributed by atoms with Crippen molar-refractivity contribution in [3.8, 4) is 6.07 Å². The van der Waals surface area contributed by atoms with Gasteiger partial charge in [0.2, 0.25) is 0 Å². The van der Waals surface area contributed by atoms with Gasteiger partial charge in [0.25, 0.3) is 0 Å². The molecule has 1 N–H and O–H groups in total. The average Bonchev–Trinajstić information content (AvgIpc) is 2.11. The molecule has 0 heterocycles. The summed E-state index contributed by atoms with van der Waals surface area (Å²) >= 11 is 0. The second-order valence-corrected chi connectivity index (χ2v) is 3.55. The summed E-state index contributed by atoms with van der Waals surface area (Å²) in [6, 6.07) is 2.27. The molecule has 1 unspecified atom stereocenters. The van der Waals surface area contributed by atoms with Crippen LogP contribution in [-0.4, -0.2) is 38.1 Å². The van der Waals surface area contributed by atoms with Crippen molar-refractivity contribution in [2.24, 2.45) is 0 Å². The number of nitrogens with zero attached hydrogens (tertiary/aromatic N) is 2. The van der Waals surface area contributed by atoms with Gasteiger partial charge in [-0.1, -0.05) is 6.92 Å². The molecule has 3 heteroatoms. The molecular weight excluding hydrogens is 162 g/mol. The predicted octanol–water partition coefficient (Wildman–Crippen LogP) is 1.22. The first kappa shape index (κ1) is 12.4. The number of nitriles is 1. The molecular formula is C10H21N3. The second-order valence-electron chi connectivity index (χ2n) is 3.55. The molecule has 0 radical (unpaired) electrons. The predicted molar refractivity (Wildman–Crippen MR) is 55.5 cm³/mol. The number of nitrogens with one attached hydrogen (secondary N) is 1. The largest absolute Gasteiger partial charge is 0.309 e. The van der Waals surface area contributed by atoms with Crippen molar-refractivity contribution in [3.05, 3.63) is 0 Å². The lowest BCUT2D eigenvalue weighted by molar-refractivity contribution is 0.390. The highest BCUT2D eigenvalue weighted by Crippen LogP contribution is 1.92. The van der Waals surface area contributed by atoms with Crippen molar-refractivity contribution in [1.82, 2.24) is 10.2 Å². The van der Waals surface area contributed by atoms with E-state index in [1.54, 1.807) is 0 Å². The molecule has 0 spiro atoms. The molecule has 0 fully saturated rings. The summed E-state index contributed by atoms with van der Waals surface area (Å²) in [6.45, 7) is 4.12. The lowest BCUT2D eigenvalue weighted by Gasteiger charge is -2.11. The van der Waals surface area contributed by atoms with E-state index in [2.05, 4.69) is 30.4 Å². The van der Waals surface area contributed by atoms with E-state index in [-0.39, 0.29) is 6.04 Å². The molecule has 1 atom stereocenters. The Labute approximate surface area is 81.7 Å². The van der Waals surface area contributed by atoms with Crippen LogP contribution in [0.5, 0.6) is 0 Å². The Kier molecular flexibility index (Phi) is 7.66. The highest BCUT2D eigenvalue weighted by molar-refractivity contribution is 4.87. The molecule has 0 amide bonds. The zero-order chi connectivity index (χ0) is 10.1. The van der Waals surface area contributed by atoms with Gasteiger partial charge in [-0.25, -0.2) is 0 Å². The maximum absolute atomic E-state index is 8.65. The van der Waals surface area contributed by atoms with Crippen LogP contribution in [-0.2, 0) is 0 Å². The Hall–Kier alpha value is -0.590. The van der Waals surface area contributed by atoms with Crippen molar-refractivity contribution in [2.75, 3.05) is 27.2 Å². The number of hydrogen-bond acceptors (Lipinski definition) is 3. The molecule has 0 bridgehead atoms. The normalized spacial score (nSPS) is 12.8. The minimum atomic E-state index is 0.0411. The van der Waals surface area contributed by atoms with Crippen LogP contribution in [0.3, 0.4) is 0 Å². The van der Waals surface area contributed by atoms with Crippen molar-refractivity contribution in [3.63, 3.8) is 0 Å². The van der Waals surface area contributed by atoms with Crippen LogP contribution in [0.15, 0.2) is 0 Å². The van der Waals surface area contributed by atoms with E-state index < -0.39 is 0 Å². The Morgan fingerprint density at radius 2 is 2.08 bits per heavy atom. The fourth-order valence-electron chi connectivity index (χ4n) is 1.11. The van der Waals surface area contributed by atoms with Crippen molar-refractivity contribution in [1.29, 1.82) is 5.26 Å². The van der Waals surface area contributed by atoms with Crippen LogP contribution in [0.2, 0.25) is 0 Å². The summed E-state index contributed by atoms with van der Waals surface area (Å²) in [7, 11) is 4.16. The van der Waals surface area contributed by atoms with Crippen LogP contribution in [0.4, 0.5) is 0 Å². The van der Waals surface area contributed by atoms with E-state index >= 15 is 0 Å². The molecule has 0 aliphatic carbocycles. The van der Waals surface area contributed by atoms with Gasteiger partial charge < -0.3 is 10.2 Å². The number of unbranched alkanes of at least 4 members (excludes halogenated alkanes) is 1. The zero-order valence-electron chi connectivity index (χ0n) is 9.01. The zero-order valence-corrected chi connectivity index (χ0v) is 9.01. The Morgan fingerprint density at radius 3 is 2.54 bits per heavy atom. The number of hydrogen-bond donors (Lipinski definition) is 1. The number of rotatable bonds is 7. The monoisotopic (exact) mass is 183 g/mol. The van der Waals surface area contributed by atoms with Gasteiger partial charge in [0.15, 0.2) is 0 Å². The molecule has 0 aliphatic heterocycles. The maximum Gasteiger partial charge on any atom is 0.0950 e. The molecule has 76 valence electrons. The average molecular weight is 183 g/mol. The SMILES string of the molecule is CCC(C#N)NCCCCN(C)C. The Balaban J connectivity index is 3.21. The smallest absolute Gasteiger partial charge is 0.0950 e. The van der Waals surface area contributed by atoms with E-state index in [0.717, 1.165) is 25.9 Å². The van der Waals surface area contributed by atoms with Crippen LogP contribution < -0.4 is 5.32 Å². The highest BCUT2D eigenvalue weighted by Gasteiger charge is 2.00. The summed E-state index contributed by atoms with van der Waals surface area (Å²) in [5, 5.41) is 11.9. The first-order valence-electron chi connectivity index (χ1n) is 4.98. The molecule has 0 aliphatic rings. The van der Waals surface area contributed by atoms with Crippen LogP contribution >= 0.6 is 0 Å². The Morgan fingerprint density at radius 1 is 1.38 bits per heavy atom. The first-order valence-corrected chi connectivity index (χ1v) is 4.98. The quantitative estimate of drug-likeness (QED) is 0.603. The summed E-state index contributed by atoms with van der Waals surface area (Å²) in [5.41, 5.74) is 0. The molecule has 3 nitrogen and oxygen atoms in total. The van der Waals surface area contributed by atoms with Gasteiger partial charge in [0.05, 0.1) is 12.1 Å². The van der Waals surface area contributed by atoms with Crippen molar-refractivity contribution >= 4 is 0 Å². The molecule has 0 rings (SSSR count). The van der Waals surface area contributed by atoms with Gasteiger partial charge in [-0.2, -0.15) is 5.26 Å². The van der Waals surface area contributed by atoms with Crippen LogP contribution in [0.25, 0.3) is 0 Å². The van der Waals surface area contributed by atoms with Crippen LogP contribution in [0, 0.1) is 11.3 Å². The second kappa shape index (κ2) is 8.03. The summed E-state index contributed by atoms with van der Waals surface area (Å²) < 4.78 is 0. The molecule has 0 aromatic carbocycles. The third-order valence-electron chi connectivity index (χ3n) is 1.99. The fourth-order valence-corrected chi connectivity index (χ4v) is 1.11. The lowest BCUT2D eigenvalue weighted by Crippen LogP contribution is -2.28. The van der Waals surface area contributed by atoms with Crippen LogP contribution in [0.1, 0.15) is 26.2 Å². The highest BCUT2D eigenvalue weighted by atomic mass is 15.0. The fraction of sp³-hybridized carbons (Fsp3) is 0.900. The summed E-state index contributed by atoms with van der Waals surface area (Å²) in [5.74, 6) is 0. The van der Waals surface area contributed by atoms with Gasteiger partial charge >= 0.3 is 0 Å². The molecule has 0 aromatic heterocycles. The van der Waals surface area contributed by atoms with E-state index in [0.29, 0.717) is 0 Å². The van der Waals surface area contributed by atoms with Gasteiger partial charge in [-0.15, -0.1) is 0 Å². The van der Waals surface area contributed by atoms with Crippen molar-refractivity contribution < 1.29 is 0 Å². The van der Waals surface area contributed by atoms with E-state index in [1.807, 2.05) is 6.92 Å².